The summed E-state index contributed by atoms with van der Waals surface area (Å²) < 4.78 is 5.13. The monoisotopic (exact) mass is 253 g/mol. The van der Waals surface area contributed by atoms with Crippen molar-refractivity contribution in [2.75, 3.05) is 19.0 Å². The number of methoxy groups -OCH3 is 1. The summed E-state index contributed by atoms with van der Waals surface area (Å²) in [6.45, 7) is 6.57. The van der Waals surface area contributed by atoms with Gasteiger partial charge in [-0.15, -0.1) is 0 Å². The van der Waals surface area contributed by atoms with Crippen LogP contribution in [0.15, 0.2) is 6.33 Å². The maximum Gasteiger partial charge on any atom is 0.221 e. The molecule has 1 aromatic rings. The lowest BCUT2D eigenvalue weighted by molar-refractivity contribution is 0.114. The highest BCUT2D eigenvalue weighted by Crippen LogP contribution is 2.20. The molecule has 0 aliphatic rings. The first-order valence-electron chi connectivity index (χ1n) is 6.41. The van der Waals surface area contributed by atoms with Crippen molar-refractivity contribution in [1.82, 2.24) is 9.97 Å². The molecule has 102 valence electrons. The van der Waals surface area contributed by atoms with E-state index in [0.29, 0.717) is 24.2 Å². The van der Waals surface area contributed by atoms with Crippen molar-refractivity contribution < 1.29 is 9.84 Å². The van der Waals surface area contributed by atoms with Gasteiger partial charge >= 0.3 is 0 Å². The van der Waals surface area contributed by atoms with Crippen molar-refractivity contribution in [3.8, 4) is 5.88 Å². The van der Waals surface area contributed by atoms with Crippen molar-refractivity contribution >= 4 is 5.82 Å². The van der Waals surface area contributed by atoms with Gasteiger partial charge in [0.05, 0.1) is 18.8 Å². The maximum atomic E-state index is 10.1. The molecule has 1 unspecified atom stereocenters. The quantitative estimate of drug-likeness (QED) is 0.778. The van der Waals surface area contributed by atoms with Crippen LogP contribution in [0.4, 0.5) is 5.82 Å². The van der Waals surface area contributed by atoms with Gasteiger partial charge in [0.1, 0.15) is 12.1 Å². The predicted octanol–water partition coefficient (Wildman–Crippen LogP) is 2.00. The summed E-state index contributed by atoms with van der Waals surface area (Å²) in [6.07, 6.45) is 3.05. The largest absolute Gasteiger partial charge is 0.481 e. The zero-order valence-electron chi connectivity index (χ0n) is 11.6. The molecule has 0 fully saturated rings. The second-order valence-electron chi connectivity index (χ2n) is 4.38. The molecule has 18 heavy (non-hydrogen) atoms. The van der Waals surface area contributed by atoms with E-state index in [2.05, 4.69) is 29.1 Å². The number of rotatable bonds is 7. The van der Waals surface area contributed by atoms with Gasteiger partial charge in [-0.25, -0.2) is 9.97 Å². The van der Waals surface area contributed by atoms with Crippen LogP contribution in [0.25, 0.3) is 0 Å². The smallest absolute Gasteiger partial charge is 0.221 e. The summed E-state index contributed by atoms with van der Waals surface area (Å²) in [5.41, 5.74) is 0.858. The molecule has 1 atom stereocenters. The van der Waals surface area contributed by atoms with E-state index in [1.807, 2.05) is 6.92 Å². The number of nitrogens with zero attached hydrogens (tertiary/aromatic N) is 2. The molecule has 0 aliphatic heterocycles. The Hall–Kier alpha value is -1.36. The van der Waals surface area contributed by atoms with Crippen LogP contribution in [0.3, 0.4) is 0 Å². The Morgan fingerprint density at radius 1 is 1.33 bits per heavy atom. The van der Waals surface area contributed by atoms with E-state index < -0.39 is 0 Å². The summed E-state index contributed by atoms with van der Waals surface area (Å²) in [5.74, 6) is 1.60. The molecule has 2 N–H and O–H groups in total. The Labute approximate surface area is 109 Å². The van der Waals surface area contributed by atoms with E-state index in [0.717, 1.165) is 18.4 Å². The Morgan fingerprint density at radius 2 is 2.00 bits per heavy atom. The van der Waals surface area contributed by atoms with Crippen molar-refractivity contribution in [2.45, 2.75) is 39.7 Å². The van der Waals surface area contributed by atoms with Gasteiger partial charge in [-0.05, 0) is 12.8 Å². The molecule has 0 amide bonds. The summed E-state index contributed by atoms with van der Waals surface area (Å²) >= 11 is 0. The summed E-state index contributed by atoms with van der Waals surface area (Å²) in [7, 11) is 1.58. The van der Waals surface area contributed by atoms with Crippen molar-refractivity contribution in [2.24, 2.45) is 5.92 Å². The molecule has 5 heteroatoms. The fraction of sp³-hybridized carbons (Fsp3) is 0.692. The number of nitrogens with one attached hydrogen (secondary N) is 1. The molecular formula is C13H23N3O2. The summed E-state index contributed by atoms with van der Waals surface area (Å²) in [6, 6.07) is 0. The minimum absolute atomic E-state index is 0.321. The van der Waals surface area contributed by atoms with Crippen LogP contribution in [-0.2, 0) is 0 Å². The zero-order valence-corrected chi connectivity index (χ0v) is 11.6. The molecule has 0 bridgehead atoms. The molecule has 0 saturated heterocycles. The zero-order chi connectivity index (χ0) is 13.5. The molecular weight excluding hydrogens is 230 g/mol. The third-order valence-corrected chi connectivity index (χ3v) is 3.30. The van der Waals surface area contributed by atoms with E-state index in [9.17, 15) is 5.11 Å². The molecule has 1 heterocycles. The van der Waals surface area contributed by atoms with E-state index >= 15 is 0 Å². The highest BCUT2D eigenvalue weighted by molar-refractivity contribution is 5.47. The van der Waals surface area contributed by atoms with Crippen molar-refractivity contribution in [1.29, 1.82) is 0 Å². The van der Waals surface area contributed by atoms with Crippen LogP contribution in [0, 0.1) is 12.8 Å². The number of anilines is 1. The van der Waals surface area contributed by atoms with E-state index in [1.165, 1.54) is 6.33 Å². The van der Waals surface area contributed by atoms with Gasteiger partial charge in [-0.3, -0.25) is 0 Å². The van der Waals surface area contributed by atoms with E-state index in [-0.39, 0.29) is 6.10 Å². The minimum atomic E-state index is -0.361. The SMILES string of the molecule is CCC(CC)C(O)CNc1ncnc(OC)c1C. The number of aliphatic hydroxyl groups is 1. The number of aliphatic hydroxyl groups excluding tert-OH is 1. The van der Waals surface area contributed by atoms with Crippen LogP contribution in [0.5, 0.6) is 5.88 Å². The minimum Gasteiger partial charge on any atom is -0.481 e. The highest BCUT2D eigenvalue weighted by Gasteiger charge is 2.16. The van der Waals surface area contributed by atoms with E-state index in [4.69, 9.17) is 4.74 Å². The van der Waals surface area contributed by atoms with Crippen LogP contribution in [0.2, 0.25) is 0 Å². The fourth-order valence-electron chi connectivity index (χ4n) is 2.02. The molecule has 0 aliphatic carbocycles. The van der Waals surface area contributed by atoms with E-state index in [1.54, 1.807) is 7.11 Å². The Kier molecular flexibility index (Phi) is 5.85. The second-order valence-corrected chi connectivity index (χ2v) is 4.38. The standard InChI is InChI=1S/C13H23N3O2/c1-5-10(6-2)11(17)7-14-12-9(3)13(18-4)16-8-15-12/h8,10-11,17H,5-7H2,1-4H3,(H,14,15,16). The lowest BCUT2D eigenvalue weighted by Crippen LogP contribution is -2.28. The van der Waals surface area contributed by atoms with Gasteiger partial charge in [0.25, 0.3) is 0 Å². The number of hydrogen-bond donors (Lipinski definition) is 2. The van der Waals surface area contributed by atoms with Crippen molar-refractivity contribution in [3.05, 3.63) is 11.9 Å². The Morgan fingerprint density at radius 3 is 2.56 bits per heavy atom. The first-order valence-corrected chi connectivity index (χ1v) is 6.41. The Balaban J connectivity index is 2.63. The lowest BCUT2D eigenvalue weighted by Gasteiger charge is -2.21. The summed E-state index contributed by atoms with van der Waals surface area (Å²) in [5, 5.41) is 13.2. The normalized spacial score (nSPS) is 12.6. The topological polar surface area (TPSA) is 67.3 Å². The first kappa shape index (κ1) is 14.7. The van der Waals surface area contributed by atoms with Crippen LogP contribution >= 0.6 is 0 Å². The van der Waals surface area contributed by atoms with Gasteiger partial charge < -0.3 is 15.2 Å². The van der Waals surface area contributed by atoms with Crippen LogP contribution < -0.4 is 10.1 Å². The molecule has 5 nitrogen and oxygen atoms in total. The molecule has 0 saturated carbocycles. The first-order chi connectivity index (χ1) is 8.63. The number of hydrogen-bond acceptors (Lipinski definition) is 5. The molecule has 0 spiro atoms. The van der Waals surface area contributed by atoms with Crippen LogP contribution in [-0.4, -0.2) is 34.8 Å². The van der Waals surface area contributed by atoms with Crippen LogP contribution in [0.1, 0.15) is 32.3 Å². The third-order valence-electron chi connectivity index (χ3n) is 3.30. The third kappa shape index (κ3) is 3.57. The van der Waals surface area contributed by atoms with Gasteiger partial charge in [-0.2, -0.15) is 0 Å². The molecule has 0 radical (unpaired) electrons. The highest BCUT2D eigenvalue weighted by atomic mass is 16.5. The average molecular weight is 253 g/mol. The number of aromatic nitrogens is 2. The molecule has 1 aromatic heterocycles. The Bertz CT molecular complexity index is 367. The van der Waals surface area contributed by atoms with Crippen molar-refractivity contribution in [3.63, 3.8) is 0 Å². The predicted molar refractivity (Wildman–Crippen MR) is 71.9 cm³/mol. The molecule has 1 rings (SSSR count). The molecule has 0 aromatic carbocycles. The summed E-state index contributed by atoms with van der Waals surface area (Å²) in [4.78, 5) is 8.17. The fourth-order valence-corrected chi connectivity index (χ4v) is 2.02. The number of ether oxygens (including phenoxy) is 1. The van der Waals surface area contributed by atoms with Gasteiger partial charge in [0.2, 0.25) is 5.88 Å². The maximum absolute atomic E-state index is 10.1. The van der Waals surface area contributed by atoms with Gasteiger partial charge in [-0.1, -0.05) is 26.7 Å². The van der Waals surface area contributed by atoms with Gasteiger partial charge in [0, 0.05) is 6.54 Å². The lowest BCUT2D eigenvalue weighted by atomic mass is 9.96. The second kappa shape index (κ2) is 7.16. The van der Waals surface area contributed by atoms with Gasteiger partial charge in [0.15, 0.2) is 0 Å². The average Bonchev–Trinajstić information content (AvgIpc) is 2.39.